The van der Waals surface area contributed by atoms with E-state index < -0.39 is 5.97 Å². The SMILES string of the molecule is COc1ccc(/C(=C/C=C/C(=O)O)C2CC2)cc1. The fraction of sp³-hybridized carbons (Fsp3) is 0.267. The summed E-state index contributed by atoms with van der Waals surface area (Å²) in [7, 11) is 1.64. The van der Waals surface area contributed by atoms with Crippen LogP contribution in [0.3, 0.4) is 0 Å². The van der Waals surface area contributed by atoms with Crippen LogP contribution in [0.25, 0.3) is 5.57 Å². The lowest BCUT2D eigenvalue weighted by atomic mass is 10.0. The zero-order valence-electron chi connectivity index (χ0n) is 10.3. The molecule has 0 aromatic heterocycles. The van der Waals surface area contributed by atoms with E-state index in [4.69, 9.17) is 9.84 Å². The quantitative estimate of drug-likeness (QED) is 0.639. The van der Waals surface area contributed by atoms with Crippen molar-refractivity contribution in [1.29, 1.82) is 0 Å². The maximum atomic E-state index is 10.5. The van der Waals surface area contributed by atoms with Gasteiger partial charge in [0, 0.05) is 6.08 Å². The van der Waals surface area contributed by atoms with Crippen LogP contribution in [0.2, 0.25) is 0 Å². The molecule has 3 nitrogen and oxygen atoms in total. The second-order valence-electron chi connectivity index (χ2n) is 4.32. The van der Waals surface area contributed by atoms with Crippen LogP contribution in [0.1, 0.15) is 18.4 Å². The molecule has 1 aliphatic rings. The molecule has 1 aliphatic carbocycles. The number of benzene rings is 1. The van der Waals surface area contributed by atoms with Gasteiger partial charge in [-0.25, -0.2) is 4.79 Å². The molecule has 1 fully saturated rings. The van der Waals surface area contributed by atoms with Crippen LogP contribution in [0, 0.1) is 5.92 Å². The van der Waals surface area contributed by atoms with Crippen molar-refractivity contribution < 1.29 is 14.6 Å². The largest absolute Gasteiger partial charge is 0.497 e. The van der Waals surface area contributed by atoms with Crippen molar-refractivity contribution in [3.8, 4) is 5.75 Å². The lowest BCUT2D eigenvalue weighted by Gasteiger charge is -2.06. The second-order valence-corrected chi connectivity index (χ2v) is 4.32. The Kier molecular flexibility index (Phi) is 3.82. The van der Waals surface area contributed by atoms with Gasteiger partial charge in [0.25, 0.3) is 0 Å². The summed E-state index contributed by atoms with van der Waals surface area (Å²) < 4.78 is 5.13. The summed E-state index contributed by atoms with van der Waals surface area (Å²) in [5.41, 5.74) is 2.34. The van der Waals surface area contributed by atoms with Crippen LogP contribution in [0.5, 0.6) is 5.75 Å². The average molecular weight is 244 g/mol. The zero-order chi connectivity index (χ0) is 13.0. The Morgan fingerprint density at radius 2 is 2.00 bits per heavy atom. The number of ether oxygens (including phenoxy) is 1. The van der Waals surface area contributed by atoms with Gasteiger partial charge in [-0.3, -0.25) is 0 Å². The van der Waals surface area contributed by atoms with E-state index in [1.54, 1.807) is 13.2 Å². The Morgan fingerprint density at radius 3 is 2.50 bits per heavy atom. The fourth-order valence-electron chi connectivity index (χ4n) is 1.88. The summed E-state index contributed by atoms with van der Waals surface area (Å²) in [6.07, 6.45) is 7.01. The van der Waals surface area contributed by atoms with E-state index in [0.717, 1.165) is 17.4 Å². The van der Waals surface area contributed by atoms with E-state index in [2.05, 4.69) is 0 Å². The van der Waals surface area contributed by atoms with E-state index in [0.29, 0.717) is 5.92 Å². The van der Waals surface area contributed by atoms with Crippen LogP contribution < -0.4 is 4.74 Å². The average Bonchev–Trinajstić information content (AvgIpc) is 3.19. The van der Waals surface area contributed by atoms with Crippen LogP contribution in [-0.2, 0) is 4.79 Å². The predicted molar refractivity (Wildman–Crippen MR) is 70.5 cm³/mol. The van der Waals surface area contributed by atoms with Crippen molar-refractivity contribution in [3.05, 3.63) is 48.1 Å². The summed E-state index contributed by atoms with van der Waals surface area (Å²) in [4.78, 5) is 10.5. The second kappa shape index (κ2) is 5.54. The molecule has 1 N–H and O–H groups in total. The standard InChI is InChI=1S/C15H16O3/c1-18-13-9-7-12(8-10-13)14(11-5-6-11)3-2-4-15(16)17/h2-4,7-11H,5-6H2,1H3,(H,16,17)/b4-2+,14-3+. The highest BCUT2D eigenvalue weighted by atomic mass is 16.5. The Morgan fingerprint density at radius 1 is 1.33 bits per heavy atom. The van der Waals surface area contributed by atoms with Crippen molar-refractivity contribution in [2.24, 2.45) is 5.92 Å². The smallest absolute Gasteiger partial charge is 0.328 e. The van der Waals surface area contributed by atoms with Crippen molar-refractivity contribution in [3.63, 3.8) is 0 Å². The highest BCUT2D eigenvalue weighted by molar-refractivity contribution is 5.81. The van der Waals surface area contributed by atoms with Crippen LogP contribution >= 0.6 is 0 Å². The third-order valence-electron chi connectivity index (χ3n) is 2.96. The Labute approximate surface area is 106 Å². The monoisotopic (exact) mass is 244 g/mol. The molecule has 0 heterocycles. The molecule has 1 aromatic rings. The van der Waals surface area contributed by atoms with Gasteiger partial charge in [0.1, 0.15) is 5.75 Å². The molecule has 0 saturated heterocycles. The molecule has 0 atom stereocenters. The third kappa shape index (κ3) is 3.23. The number of aliphatic carboxylic acids is 1. The van der Waals surface area contributed by atoms with E-state index in [9.17, 15) is 4.79 Å². The number of carbonyl (C=O) groups is 1. The highest BCUT2D eigenvalue weighted by Gasteiger charge is 2.26. The molecular weight excluding hydrogens is 228 g/mol. The molecule has 0 bridgehead atoms. The number of carboxylic acid groups (broad SMARTS) is 1. The molecule has 3 heteroatoms. The van der Waals surface area contributed by atoms with E-state index in [-0.39, 0.29) is 0 Å². The Balaban J connectivity index is 2.21. The minimum atomic E-state index is -0.920. The first-order chi connectivity index (χ1) is 8.70. The molecule has 94 valence electrons. The number of rotatable bonds is 5. The van der Waals surface area contributed by atoms with E-state index in [1.807, 2.05) is 30.3 Å². The Hall–Kier alpha value is -2.03. The van der Waals surface area contributed by atoms with Gasteiger partial charge < -0.3 is 9.84 Å². The molecule has 18 heavy (non-hydrogen) atoms. The minimum Gasteiger partial charge on any atom is -0.497 e. The van der Waals surface area contributed by atoms with Gasteiger partial charge in [0.05, 0.1) is 7.11 Å². The number of allylic oxidation sites excluding steroid dienone is 3. The topological polar surface area (TPSA) is 46.5 Å². The maximum Gasteiger partial charge on any atom is 0.328 e. The van der Waals surface area contributed by atoms with Gasteiger partial charge in [-0.05, 0) is 42.0 Å². The first kappa shape index (κ1) is 12.4. The van der Waals surface area contributed by atoms with E-state index in [1.165, 1.54) is 18.4 Å². The summed E-state index contributed by atoms with van der Waals surface area (Å²) in [5, 5.41) is 8.59. The molecule has 1 aromatic carbocycles. The molecule has 0 aliphatic heterocycles. The van der Waals surface area contributed by atoms with Gasteiger partial charge in [0.2, 0.25) is 0 Å². The minimum absolute atomic E-state index is 0.567. The van der Waals surface area contributed by atoms with Gasteiger partial charge >= 0.3 is 5.97 Å². The summed E-state index contributed by atoms with van der Waals surface area (Å²) >= 11 is 0. The van der Waals surface area contributed by atoms with Gasteiger partial charge in [-0.2, -0.15) is 0 Å². The van der Waals surface area contributed by atoms with Crippen molar-refractivity contribution >= 4 is 11.5 Å². The summed E-state index contributed by atoms with van der Waals surface area (Å²) in [6, 6.07) is 7.87. The van der Waals surface area contributed by atoms with Crippen LogP contribution in [-0.4, -0.2) is 18.2 Å². The predicted octanol–water partition coefficient (Wildman–Crippen LogP) is 3.13. The summed E-state index contributed by atoms with van der Waals surface area (Å²) in [5.74, 6) is 0.475. The summed E-state index contributed by atoms with van der Waals surface area (Å²) in [6.45, 7) is 0. The zero-order valence-corrected chi connectivity index (χ0v) is 10.3. The van der Waals surface area contributed by atoms with Crippen molar-refractivity contribution in [2.75, 3.05) is 7.11 Å². The first-order valence-corrected chi connectivity index (χ1v) is 5.96. The first-order valence-electron chi connectivity index (χ1n) is 5.96. The number of hydrogen-bond donors (Lipinski definition) is 1. The third-order valence-corrected chi connectivity index (χ3v) is 2.96. The molecule has 0 amide bonds. The molecule has 2 rings (SSSR count). The molecule has 0 radical (unpaired) electrons. The van der Waals surface area contributed by atoms with Crippen LogP contribution in [0.4, 0.5) is 0 Å². The molecule has 0 unspecified atom stereocenters. The van der Waals surface area contributed by atoms with Gasteiger partial charge in [-0.1, -0.05) is 24.3 Å². The van der Waals surface area contributed by atoms with Gasteiger partial charge in [0.15, 0.2) is 0 Å². The highest BCUT2D eigenvalue weighted by Crippen LogP contribution is 2.42. The number of carboxylic acids is 1. The maximum absolute atomic E-state index is 10.5. The lowest BCUT2D eigenvalue weighted by molar-refractivity contribution is -0.131. The molecular formula is C15H16O3. The van der Waals surface area contributed by atoms with Crippen molar-refractivity contribution in [1.82, 2.24) is 0 Å². The number of hydrogen-bond acceptors (Lipinski definition) is 2. The fourth-order valence-corrected chi connectivity index (χ4v) is 1.88. The number of methoxy groups -OCH3 is 1. The Bertz CT molecular complexity index is 479. The van der Waals surface area contributed by atoms with Crippen LogP contribution in [0.15, 0.2) is 42.5 Å². The van der Waals surface area contributed by atoms with Gasteiger partial charge in [-0.15, -0.1) is 0 Å². The lowest BCUT2D eigenvalue weighted by Crippen LogP contribution is -1.89. The molecule has 0 spiro atoms. The molecule has 1 saturated carbocycles. The van der Waals surface area contributed by atoms with E-state index >= 15 is 0 Å². The van der Waals surface area contributed by atoms with Crippen molar-refractivity contribution in [2.45, 2.75) is 12.8 Å². The normalized spacial score (nSPS) is 15.9.